The third kappa shape index (κ3) is 1.22. The molecule has 0 aliphatic carbocycles. The molecule has 0 atom stereocenters. The number of anilines is 1. The van der Waals surface area contributed by atoms with Crippen LogP contribution in [0.4, 0.5) is 11.6 Å². The van der Waals surface area contributed by atoms with Crippen LogP contribution in [-0.2, 0) is 0 Å². The van der Waals surface area contributed by atoms with Gasteiger partial charge < -0.3 is 0 Å². The maximum Gasteiger partial charge on any atom is 0.315 e. The van der Waals surface area contributed by atoms with Crippen molar-refractivity contribution in [2.75, 3.05) is 5.48 Å². The number of aromatic nitrogens is 2. The number of hydrogen-bond acceptors (Lipinski definition) is 6. The number of aromatic amines is 2. The Morgan fingerprint density at radius 2 is 1.83 bits per heavy atom. The maximum absolute atomic E-state index is 10.6. The predicted octanol–water partition coefficient (Wildman–Crippen LogP) is -0.738. The van der Waals surface area contributed by atoms with Crippen LogP contribution in [0.3, 0.4) is 0 Å². The molecule has 0 radical (unpaired) electrons. The molecular weight excluding hydrogens is 168 g/mol. The lowest BCUT2D eigenvalue weighted by Crippen LogP contribution is -2.29. The standard InChI is InChI=1S/C4H4N4O4/c9-3-4(10)6-2(8-12)1(5-3)7-11/h11H,(H,6,10)(H2,5,7,9). The molecule has 0 spiro atoms. The summed E-state index contributed by atoms with van der Waals surface area (Å²) in [6, 6.07) is 0. The van der Waals surface area contributed by atoms with Crippen molar-refractivity contribution in [2.24, 2.45) is 5.18 Å². The van der Waals surface area contributed by atoms with Gasteiger partial charge in [-0.05, 0) is 5.18 Å². The highest BCUT2D eigenvalue weighted by atomic mass is 16.5. The Labute approximate surface area is 64.2 Å². The molecule has 4 N–H and O–H groups in total. The molecule has 0 amide bonds. The minimum atomic E-state index is -1.01. The van der Waals surface area contributed by atoms with Crippen LogP contribution in [0, 0.1) is 4.91 Å². The molecule has 0 bridgehead atoms. The Bertz CT molecular complexity index is 404. The van der Waals surface area contributed by atoms with Crippen molar-refractivity contribution in [3.63, 3.8) is 0 Å². The van der Waals surface area contributed by atoms with Gasteiger partial charge in [0.1, 0.15) is 0 Å². The number of nitroso groups, excluding NO2 is 1. The number of nitrogens with zero attached hydrogens (tertiary/aromatic N) is 1. The van der Waals surface area contributed by atoms with Gasteiger partial charge in [0, 0.05) is 0 Å². The highest BCUT2D eigenvalue weighted by Crippen LogP contribution is 2.12. The van der Waals surface area contributed by atoms with Gasteiger partial charge in [0.25, 0.3) is 0 Å². The first-order valence-corrected chi connectivity index (χ1v) is 2.79. The van der Waals surface area contributed by atoms with Crippen LogP contribution < -0.4 is 16.6 Å². The molecule has 0 aromatic carbocycles. The van der Waals surface area contributed by atoms with Crippen LogP contribution in [0.5, 0.6) is 0 Å². The zero-order valence-corrected chi connectivity index (χ0v) is 5.62. The number of H-pyrrole nitrogens is 2. The van der Waals surface area contributed by atoms with E-state index >= 15 is 0 Å². The van der Waals surface area contributed by atoms with Crippen LogP contribution in [0.1, 0.15) is 0 Å². The van der Waals surface area contributed by atoms with Crippen molar-refractivity contribution in [2.45, 2.75) is 0 Å². The average molecular weight is 172 g/mol. The minimum Gasteiger partial charge on any atom is -0.299 e. The van der Waals surface area contributed by atoms with Crippen molar-refractivity contribution in [1.82, 2.24) is 9.97 Å². The lowest BCUT2D eigenvalue weighted by molar-refractivity contribution is 0.385. The highest BCUT2D eigenvalue weighted by molar-refractivity contribution is 5.52. The molecule has 64 valence electrons. The van der Waals surface area contributed by atoms with Gasteiger partial charge in [0.15, 0.2) is 5.82 Å². The van der Waals surface area contributed by atoms with Gasteiger partial charge >= 0.3 is 11.1 Å². The fourth-order valence-corrected chi connectivity index (χ4v) is 0.606. The topological polar surface area (TPSA) is 127 Å². The van der Waals surface area contributed by atoms with Crippen molar-refractivity contribution < 1.29 is 5.21 Å². The second-order valence-electron chi connectivity index (χ2n) is 1.83. The summed E-state index contributed by atoms with van der Waals surface area (Å²) in [6.07, 6.45) is 0. The van der Waals surface area contributed by atoms with Gasteiger partial charge in [-0.3, -0.25) is 30.2 Å². The molecule has 12 heavy (non-hydrogen) atoms. The molecule has 1 aromatic heterocycles. The van der Waals surface area contributed by atoms with E-state index in [1.165, 1.54) is 5.48 Å². The number of hydrogen-bond donors (Lipinski definition) is 4. The summed E-state index contributed by atoms with van der Waals surface area (Å²) in [5, 5.41) is 10.7. The second-order valence-corrected chi connectivity index (χ2v) is 1.83. The third-order valence-electron chi connectivity index (χ3n) is 1.12. The summed E-state index contributed by atoms with van der Waals surface area (Å²) in [5.41, 5.74) is -0.503. The Hall–Kier alpha value is -1.96. The molecule has 0 aliphatic rings. The van der Waals surface area contributed by atoms with Crippen LogP contribution in [0.2, 0.25) is 0 Å². The van der Waals surface area contributed by atoms with Crippen LogP contribution in [0.25, 0.3) is 0 Å². The predicted molar refractivity (Wildman–Crippen MR) is 38.5 cm³/mol. The summed E-state index contributed by atoms with van der Waals surface area (Å²) < 4.78 is 0. The summed E-state index contributed by atoms with van der Waals surface area (Å²) in [6.45, 7) is 0. The van der Waals surface area contributed by atoms with E-state index in [2.05, 4.69) is 5.18 Å². The molecule has 1 aromatic rings. The number of rotatable bonds is 2. The average Bonchev–Trinajstić information content (AvgIpc) is 2.09. The molecule has 8 nitrogen and oxygen atoms in total. The van der Waals surface area contributed by atoms with Crippen LogP contribution >= 0.6 is 0 Å². The van der Waals surface area contributed by atoms with Crippen LogP contribution in [0.15, 0.2) is 14.8 Å². The van der Waals surface area contributed by atoms with Gasteiger partial charge in [-0.15, -0.1) is 4.91 Å². The normalized spacial score (nSPS) is 9.42. The van der Waals surface area contributed by atoms with Crippen molar-refractivity contribution in [1.29, 1.82) is 0 Å². The fraction of sp³-hybridized carbons (Fsp3) is 0. The third-order valence-corrected chi connectivity index (χ3v) is 1.12. The van der Waals surface area contributed by atoms with Gasteiger partial charge in [-0.1, -0.05) is 0 Å². The Kier molecular flexibility index (Phi) is 2.01. The van der Waals surface area contributed by atoms with Gasteiger partial charge in [-0.2, -0.15) is 0 Å². The monoisotopic (exact) mass is 172 g/mol. The lowest BCUT2D eigenvalue weighted by Gasteiger charge is -1.97. The molecule has 0 saturated carbocycles. The minimum absolute atomic E-state index is 0.352. The molecular formula is C4H4N4O4. The summed E-state index contributed by atoms with van der Waals surface area (Å²) in [7, 11) is 0. The van der Waals surface area contributed by atoms with E-state index < -0.39 is 16.9 Å². The Morgan fingerprint density at radius 3 is 2.33 bits per heavy atom. The van der Waals surface area contributed by atoms with E-state index in [0.29, 0.717) is 0 Å². The highest BCUT2D eigenvalue weighted by Gasteiger charge is 2.05. The van der Waals surface area contributed by atoms with Crippen molar-refractivity contribution >= 4 is 11.6 Å². The first kappa shape index (κ1) is 8.14. The van der Waals surface area contributed by atoms with E-state index in [1.807, 2.05) is 9.97 Å². The molecule has 8 heteroatoms. The van der Waals surface area contributed by atoms with E-state index in [-0.39, 0.29) is 5.82 Å². The molecule has 1 heterocycles. The molecule has 0 saturated heterocycles. The zero-order chi connectivity index (χ0) is 9.14. The zero-order valence-electron chi connectivity index (χ0n) is 5.62. The largest absolute Gasteiger partial charge is 0.315 e. The fourth-order valence-electron chi connectivity index (χ4n) is 0.606. The van der Waals surface area contributed by atoms with Crippen molar-refractivity contribution in [3.05, 3.63) is 25.6 Å². The van der Waals surface area contributed by atoms with E-state index in [4.69, 9.17) is 5.21 Å². The summed E-state index contributed by atoms with van der Waals surface area (Å²) in [4.78, 5) is 34.8. The molecule has 0 unspecified atom stereocenters. The van der Waals surface area contributed by atoms with Gasteiger partial charge in [-0.25, -0.2) is 0 Å². The summed E-state index contributed by atoms with van der Waals surface area (Å²) >= 11 is 0. The van der Waals surface area contributed by atoms with Crippen LogP contribution in [-0.4, -0.2) is 15.2 Å². The first-order chi connectivity index (χ1) is 5.69. The smallest absolute Gasteiger partial charge is 0.299 e. The Morgan fingerprint density at radius 1 is 1.25 bits per heavy atom. The first-order valence-electron chi connectivity index (χ1n) is 2.79. The SMILES string of the molecule is O=Nc1[nH]c(=O)c(=O)[nH]c1NO. The maximum atomic E-state index is 10.6. The molecule has 0 fully saturated rings. The Balaban J connectivity index is 3.49. The molecule has 1 rings (SSSR count). The van der Waals surface area contributed by atoms with E-state index in [1.54, 1.807) is 0 Å². The van der Waals surface area contributed by atoms with Crippen molar-refractivity contribution in [3.8, 4) is 0 Å². The lowest BCUT2D eigenvalue weighted by atomic mass is 10.6. The van der Waals surface area contributed by atoms with Gasteiger partial charge in [0.2, 0.25) is 5.82 Å². The van der Waals surface area contributed by atoms with E-state index in [9.17, 15) is 14.5 Å². The number of nitrogens with one attached hydrogen (secondary N) is 3. The quantitative estimate of drug-likeness (QED) is 0.265. The van der Waals surface area contributed by atoms with Gasteiger partial charge in [0.05, 0.1) is 0 Å². The van der Waals surface area contributed by atoms with E-state index in [0.717, 1.165) is 0 Å². The molecule has 0 aliphatic heterocycles. The summed E-state index contributed by atoms with van der Waals surface area (Å²) in [5.74, 6) is -0.822. The second kappa shape index (κ2) is 2.96.